The van der Waals surface area contributed by atoms with Gasteiger partial charge in [0.15, 0.2) is 10.9 Å². The highest BCUT2D eigenvalue weighted by Gasteiger charge is 2.25. The quantitative estimate of drug-likeness (QED) is 0.461. The van der Waals surface area contributed by atoms with Crippen molar-refractivity contribution in [3.63, 3.8) is 0 Å². The molecule has 2 amide bonds. The third kappa shape index (κ3) is 5.02. The third-order valence-electron chi connectivity index (χ3n) is 4.68. The molecule has 0 saturated heterocycles. The Morgan fingerprint density at radius 3 is 2.75 bits per heavy atom. The zero-order valence-corrected chi connectivity index (χ0v) is 18.5. The summed E-state index contributed by atoms with van der Waals surface area (Å²) >= 11 is 1.08. The lowest BCUT2D eigenvalue weighted by atomic mass is 10.1. The molecule has 0 radical (unpaired) electrons. The van der Waals surface area contributed by atoms with Crippen molar-refractivity contribution in [1.82, 2.24) is 14.3 Å². The minimum atomic E-state index is -1.28. The first kappa shape index (κ1) is 22.1. The number of aromatic nitrogens is 2. The van der Waals surface area contributed by atoms with Gasteiger partial charge in [-0.1, -0.05) is 0 Å². The van der Waals surface area contributed by atoms with E-state index in [4.69, 9.17) is 0 Å². The summed E-state index contributed by atoms with van der Waals surface area (Å²) in [5.41, 5.74) is 0.482. The summed E-state index contributed by atoms with van der Waals surface area (Å²) in [6, 6.07) is 4.06. The fraction of sp³-hybridized carbons (Fsp3) is 0.250. The van der Waals surface area contributed by atoms with Crippen molar-refractivity contribution in [1.29, 1.82) is 0 Å². The summed E-state index contributed by atoms with van der Waals surface area (Å²) < 4.78 is 41.6. The Balaban J connectivity index is 1.37. The molecule has 8 nitrogen and oxygen atoms in total. The van der Waals surface area contributed by atoms with Gasteiger partial charge in [0.2, 0.25) is 5.91 Å². The summed E-state index contributed by atoms with van der Waals surface area (Å²) in [6.45, 7) is -0.311. The predicted molar refractivity (Wildman–Crippen MR) is 119 cm³/mol. The van der Waals surface area contributed by atoms with Crippen molar-refractivity contribution in [3.05, 3.63) is 53.2 Å². The van der Waals surface area contributed by atoms with E-state index >= 15 is 0 Å². The van der Waals surface area contributed by atoms with Gasteiger partial charge in [0.25, 0.3) is 5.91 Å². The molecule has 1 saturated carbocycles. The smallest absolute Gasteiger partial charge is 0.253 e. The van der Waals surface area contributed by atoms with E-state index < -0.39 is 34.4 Å². The number of hydrogen-bond donors (Lipinski definition) is 3. The van der Waals surface area contributed by atoms with Crippen molar-refractivity contribution in [3.8, 4) is 11.3 Å². The van der Waals surface area contributed by atoms with Crippen LogP contribution in [0.3, 0.4) is 0 Å². The molecule has 1 unspecified atom stereocenters. The molecule has 1 fully saturated rings. The summed E-state index contributed by atoms with van der Waals surface area (Å²) in [4.78, 5) is 28.5. The van der Waals surface area contributed by atoms with Gasteiger partial charge < -0.3 is 16.0 Å². The van der Waals surface area contributed by atoms with Crippen LogP contribution >= 0.6 is 11.3 Å². The molecule has 3 aromatic rings. The fourth-order valence-corrected chi connectivity index (χ4v) is 4.09. The van der Waals surface area contributed by atoms with E-state index in [0.717, 1.165) is 24.2 Å². The number of rotatable bonds is 8. The number of anilines is 2. The first-order valence-corrected chi connectivity index (χ1v) is 12.0. The number of carbonyl (C=O) groups excluding carboxylic acids is 2. The van der Waals surface area contributed by atoms with Crippen LogP contribution < -0.4 is 16.0 Å². The van der Waals surface area contributed by atoms with E-state index in [1.807, 2.05) is 0 Å². The molecular weight excluding hydrogens is 460 g/mol. The Kier molecular flexibility index (Phi) is 6.33. The number of amides is 2. The summed E-state index contributed by atoms with van der Waals surface area (Å²) in [5.74, 6) is -2.41. The monoisotopic (exact) mass is 479 g/mol. The third-order valence-corrected chi connectivity index (χ3v) is 6.26. The molecule has 1 aromatic carbocycles. The largest absolute Gasteiger partial charge is 0.378 e. The van der Waals surface area contributed by atoms with Crippen molar-refractivity contribution in [2.75, 3.05) is 23.4 Å². The van der Waals surface area contributed by atoms with E-state index in [1.165, 1.54) is 40.8 Å². The van der Waals surface area contributed by atoms with Crippen LogP contribution in [0.4, 0.5) is 19.6 Å². The van der Waals surface area contributed by atoms with E-state index in [2.05, 4.69) is 20.9 Å². The average Bonchev–Trinajstić information content (AvgIpc) is 3.23. The van der Waals surface area contributed by atoms with E-state index in [1.54, 1.807) is 5.38 Å². The number of nitrogens with one attached hydrogen (secondary N) is 3. The Hall–Kier alpha value is -3.12. The molecule has 1 aliphatic rings. The molecule has 1 atom stereocenters. The first-order chi connectivity index (χ1) is 15.3. The summed E-state index contributed by atoms with van der Waals surface area (Å²) in [5, 5.41) is 9.61. The highest BCUT2D eigenvalue weighted by Crippen LogP contribution is 2.34. The minimum absolute atomic E-state index is 0.0809. The molecule has 4 rings (SSSR count). The standard InChI is InChI=1S/C20H19F2N5O3S2/c1-32(30)27-7-6-11(9-27)19(29)23-8-16(28)26-20-25-15(10-31-20)13-4-5-14(21)18(17(13)22)24-12-2-3-12/h4-7,9-10,12,24H,2-3,8H2,1H3,(H,23,29)(H,25,26,28). The lowest BCUT2D eigenvalue weighted by Crippen LogP contribution is -2.32. The summed E-state index contributed by atoms with van der Waals surface area (Å²) in [6.07, 6.45) is 6.13. The number of nitrogens with zero attached hydrogens (tertiary/aromatic N) is 2. The number of halogens is 2. The number of hydrogen-bond acceptors (Lipinski definition) is 6. The van der Waals surface area contributed by atoms with Gasteiger partial charge in [0.05, 0.1) is 17.8 Å². The Morgan fingerprint density at radius 2 is 2.06 bits per heavy atom. The Bertz CT molecular complexity index is 1210. The maximum atomic E-state index is 14.8. The molecule has 2 aromatic heterocycles. The van der Waals surface area contributed by atoms with E-state index in [-0.39, 0.29) is 40.2 Å². The molecule has 12 heteroatoms. The number of benzene rings is 1. The molecule has 1 aliphatic carbocycles. The van der Waals surface area contributed by atoms with Gasteiger partial charge in [0, 0.05) is 35.6 Å². The van der Waals surface area contributed by atoms with Gasteiger partial charge in [-0.05, 0) is 31.0 Å². The van der Waals surface area contributed by atoms with E-state index in [9.17, 15) is 22.6 Å². The van der Waals surface area contributed by atoms with Crippen LogP contribution in [-0.2, 0) is 15.8 Å². The zero-order chi connectivity index (χ0) is 22.8. The highest BCUT2D eigenvalue weighted by atomic mass is 32.2. The van der Waals surface area contributed by atoms with Gasteiger partial charge in [-0.15, -0.1) is 11.3 Å². The second kappa shape index (κ2) is 9.17. The molecule has 168 valence electrons. The van der Waals surface area contributed by atoms with E-state index in [0.29, 0.717) is 0 Å². The number of thiazole rings is 1. The van der Waals surface area contributed by atoms with Crippen LogP contribution in [-0.4, -0.2) is 43.8 Å². The predicted octanol–water partition coefficient (Wildman–Crippen LogP) is 2.97. The van der Waals surface area contributed by atoms with Crippen LogP contribution in [0.25, 0.3) is 11.3 Å². The minimum Gasteiger partial charge on any atom is -0.378 e. The van der Waals surface area contributed by atoms with Crippen molar-refractivity contribution in [2.24, 2.45) is 0 Å². The zero-order valence-electron chi connectivity index (χ0n) is 16.9. The number of carbonyl (C=O) groups is 2. The maximum Gasteiger partial charge on any atom is 0.253 e. The lowest BCUT2D eigenvalue weighted by molar-refractivity contribution is -0.115. The first-order valence-electron chi connectivity index (χ1n) is 9.62. The van der Waals surface area contributed by atoms with Crippen molar-refractivity contribution < 1.29 is 22.6 Å². The van der Waals surface area contributed by atoms with Crippen LogP contribution in [0.2, 0.25) is 0 Å². The molecule has 32 heavy (non-hydrogen) atoms. The Labute approximate surface area is 188 Å². The van der Waals surface area contributed by atoms with Gasteiger partial charge in [-0.3, -0.25) is 13.6 Å². The topological polar surface area (TPSA) is 105 Å². The SMILES string of the molecule is CS(=O)n1ccc(C(=O)NCC(=O)Nc2nc(-c3ccc(F)c(NC4CC4)c3F)cs2)c1. The van der Waals surface area contributed by atoms with Crippen molar-refractivity contribution in [2.45, 2.75) is 18.9 Å². The highest BCUT2D eigenvalue weighted by molar-refractivity contribution is 7.82. The average molecular weight is 480 g/mol. The normalized spacial score (nSPS) is 14.1. The molecule has 2 heterocycles. The van der Waals surface area contributed by atoms with Gasteiger partial charge in [-0.25, -0.2) is 18.0 Å². The van der Waals surface area contributed by atoms with Crippen LogP contribution in [0, 0.1) is 11.6 Å². The van der Waals surface area contributed by atoms with Crippen LogP contribution in [0.15, 0.2) is 36.0 Å². The van der Waals surface area contributed by atoms with Crippen LogP contribution in [0.5, 0.6) is 0 Å². The molecular formula is C20H19F2N5O3S2. The molecule has 0 spiro atoms. The van der Waals surface area contributed by atoms with Gasteiger partial charge in [-0.2, -0.15) is 0 Å². The fourth-order valence-electron chi connectivity index (χ4n) is 2.87. The molecule has 3 N–H and O–H groups in total. The maximum absolute atomic E-state index is 14.8. The lowest BCUT2D eigenvalue weighted by Gasteiger charge is -2.10. The summed E-state index contributed by atoms with van der Waals surface area (Å²) in [7, 11) is -1.28. The molecule has 0 bridgehead atoms. The van der Waals surface area contributed by atoms with Crippen molar-refractivity contribution >= 4 is 45.0 Å². The van der Waals surface area contributed by atoms with Gasteiger partial charge in [0.1, 0.15) is 22.5 Å². The second-order valence-electron chi connectivity index (χ2n) is 7.16. The molecule has 0 aliphatic heterocycles. The van der Waals surface area contributed by atoms with Gasteiger partial charge >= 0.3 is 0 Å². The Morgan fingerprint density at radius 1 is 1.28 bits per heavy atom. The second-order valence-corrected chi connectivity index (χ2v) is 9.28. The van der Waals surface area contributed by atoms with Crippen LogP contribution in [0.1, 0.15) is 23.2 Å².